The van der Waals surface area contributed by atoms with Crippen molar-refractivity contribution in [3.63, 3.8) is 0 Å². The maximum Gasteiger partial charge on any atom is 0.338 e. The van der Waals surface area contributed by atoms with Gasteiger partial charge in [-0.15, -0.1) is 0 Å². The largest absolute Gasteiger partial charge is 0.459 e. The van der Waals surface area contributed by atoms with Crippen LogP contribution in [0.4, 0.5) is 0 Å². The van der Waals surface area contributed by atoms with Gasteiger partial charge < -0.3 is 71.1 Å². The summed E-state index contributed by atoms with van der Waals surface area (Å²) in [5, 5.41) is 0. The Bertz CT molecular complexity index is 4190. The van der Waals surface area contributed by atoms with Crippen LogP contribution in [-0.4, -0.2) is 165 Å². The highest BCUT2D eigenvalue weighted by molar-refractivity contribution is 5.94. The number of hydrogen-bond donors (Lipinski definition) is 0. The number of benzene rings is 8. The molecule has 8 aromatic carbocycles. The summed E-state index contributed by atoms with van der Waals surface area (Å²) in [6.45, 7) is 0.661. The van der Waals surface area contributed by atoms with Crippen LogP contribution in [0.5, 0.6) is 0 Å². The molecule has 3 aliphatic heterocycles. The van der Waals surface area contributed by atoms with Crippen molar-refractivity contribution < 1.29 is 119 Å². The van der Waals surface area contributed by atoms with Crippen molar-refractivity contribution in [1.29, 1.82) is 0 Å². The first-order valence-electron chi connectivity index (χ1n) is 32.5. The van der Waals surface area contributed by atoms with E-state index in [2.05, 4.69) is 0 Å². The summed E-state index contributed by atoms with van der Waals surface area (Å²) < 4.78 is 94.1. The van der Waals surface area contributed by atoms with Gasteiger partial charge >= 0.3 is 59.7 Å². The van der Waals surface area contributed by atoms with Crippen LogP contribution < -0.4 is 0 Å². The SMILES string of the molecule is CC(=O)O[C@H]1[C@H](O[C@H]2O[C@H](COC(=O)c3ccccc3)[C@@H](OC(=O)c3ccccc3)[C@H](OC(=O)c3ccccc3)[C@@H]2OC(=O)c2ccccc2)[C@H](OC(C)=O)[CH]O[C@@H]1CO[C@H]1O[C@H](COC(=O)c2ccccc2)[C@@H](OC(=O)c2ccccc2)[C@H](OC(=O)c2ccccc2)[C@@H]1OC(=O)c1ccccc1. The summed E-state index contributed by atoms with van der Waals surface area (Å²) in [4.78, 5) is 142. The van der Waals surface area contributed by atoms with Gasteiger partial charge in [0.15, 0.2) is 61.4 Å². The van der Waals surface area contributed by atoms with Gasteiger partial charge in [-0.2, -0.15) is 0 Å². The summed E-state index contributed by atoms with van der Waals surface area (Å²) in [5.41, 5.74) is 0.104. The second kappa shape index (κ2) is 35.0. The lowest BCUT2D eigenvalue weighted by Gasteiger charge is -2.48. The van der Waals surface area contributed by atoms with Crippen LogP contribution in [0, 0.1) is 6.61 Å². The Morgan fingerprint density at radius 3 is 0.845 bits per heavy atom. The van der Waals surface area contributed by atoms with Crippen LogP contribution in [0.1, 0.15) is 96.7 Å². The fourth-order valence-corrected chi connectivity index (χ4v) is 11.3. The Morgan fingerprint density at radius 2 is 0.534 bits per heavy atom. The van der Waals surface area contributed by atoms with Crippen LogP contribution in [-0.2, 0) is 80.6 Å². The molecule has 14 atom stereocenters. The van der Waals surface area contributed by atoms with Crippen molar-refractivity contribution in [2.75, 3.05) is 19.8 Å². The first kappa shape index (κ1) is 72.5. The molecule has 103 heavy (non-hydrogen) atoms. The maximum absolute atomic E-state index is 14.6. The van der Waals surface area contributed by atoms with E-state index in [0.717, 1.165) is 20.5 Å². The monoisotopic (exact) mass is 1400 g/mol. The quantitative estimate of drug-likeness (QED) is 0.0380. The van der Waals surface area contributed by atoms with E-state index in [1.54, 1.807) is 133 Å². The van der Waals surface area contributed by atoms with Gasteiger partial charge in [-0.3, -0.25) is 9.59 Å². The number of carbonyl (C=O) groups is 10. The van der Waals surface area contributed by atoms with Crippen molar-refractivity contribution in [2.24, 2.45) is 0 Å². The van der Waals surface area contributed by atoms with Crippen LogP contribution in [0.25, 0.3) is 0 Å². The molecule has 8 aromatic rings. The van der Waals surface area contributed by atoms with Crippen LogP contribution in [0.15, 0.2) is 243 Å². The van der Waals surface area contributed by atoms with Crippen molar-refractivity contribution in [3.8, 4) is 0 Å². The van der Waals surface area contributed by atoms with Gasteiger partial charge in [0.1, 0.15) is 44.2 Å². The second-order valence-corrected chi connectivity index (χ2v) is 23.3. The smallest absolute Gasteiger partial charge is 0.338 e. The lowest BCUT2D eigenvalue weighted by Crippen LogP contribution is -2.66. The normalized spacial score (nSPS) is 23.5. The molecule has 25 heteroatoms. The number of rotatable bonds is 25. The Hall–Kier alpha value is -11.7. The van der Waals surface area contributed by atoms with E-state index in [9.17, 15) is 47.9 Å². The van der Waals surface area contributed by atoms with E-state index in [1.165, 1.54) is 109 Å². The van der Waals surface area contributed by atoms with Gasteiger partial charge in [-0.1, -0.05) is 146 Å². The fraction of sp³-hybridized carbons (Fsp3) is 0.244. The highest BCUT2D eigenvalue weighted by atomic mass is 16.8. The summed E-state index contributed by atoms with van der Waals surface area (Å²) in [7, 11) is 0. The van der Waals surface area contributed by atoms with Crippen molar-refractivity contribution in [2.45, 2.75) is 99.7 Å². The molecule has 0 spiro atoms. The third kappa shape index (κ3) is 19.0. The zero-order valence-electron chi connectivity index (χ0n) is 55.1. The van der Waals surface area contributed by atoms with Crippen molar-refractivity contribution in [3.05, 3.63) is 294 Å². The molecule has 0 saturated carbocycles. The molecule has 0 N–H and O–H groups in total. The van der Waals surface area contributed by atoms with Gasteiger partial charge in [0.2, 0.25) is 0 Å². The molecule has 0 bridgehead atoms. The number of ether oxygens (including phenoxy) is 15. The molecule has 0 aromatic heterocycles. The molecule has 25 nitrogen and oxygen atoms in total. The van der Waals surface area contributed by atoms with E-state index in [1.807, 2.05) is 0 Å². The first-order chi connectivity index (χ1) is 50.0. The third-order valence-corrected chi connectivity index (χ3v) is 16.2. The molecular formula is C78H67O25. The topological polar surface area (TPSA) is 309 Å². The van der Waals surface area contributed by atoms with Gasteiger partial charge in [-0.25, -0.2) is 38.4 Å². The van der Waals surface area contributed by atoms with Crippen LogP contribution >= 0.6 is 0 Å². The highest BCUT2D eigenvalue weighted by Gasteiger charge is 2.58. The highest BCUT2D eigenvalue weighted by Crippen LogP contribution is 2.38. The van der Waals surface area contributed by atoms with Gasteiger partial charge in [-0.05, 0) is 97.1 Å². The molecule has 0 aliphatic carbocycles. The predicted octanol–water partition coefficient (Wildman–Crippen LogP) is 9.33. The zero-order valence-corrected chi connectivity index (χ0v) is 55.1. The van der Waals surface area contributed by atoms with E-state index in [4.69, 9.17) is 71.1 Å². The van der Waals surface area contributed by atoms with E-state index in [-0.39, 0.29) is 44.5 Å². The van der Waals surface area contributed by atoms with Gasteiger partial charge in [0, 0.05) is 13.8 Å². The molecule has 529 valence electrons. The third-order valence-electron chi connectivity index (χ3n) is 16.2. The average Bonchev–Trinajstić information content (AvgIpc) is 0.747. The van der Waals surface area contributed by atoms with Gasteiger partial charge in [0.05, 0.1) is 51.1 Å². The fourth-order valence-electron chi connectivity index (χ4n) is 11.3. The molecule has 0 unspecified atom stereocenters. The minimum atomic E-state index is -2.12. The maximum atomic E-state index is 14.6. The minimum absolute atomic E-state index is 0.00247. The molecule has 11 rings (SSSR count). The summed E-state index contributed by atoms with van der Waals surface area (Å²) in [6, 6.07) is 61.2. The number of esters is 10. The minimum Gasteiger partial charge on any atom is -0.459 e. The van der Waals surface area contributed by atoms with Crippen LogP contribution in [0.3, 0.4) is 0 Å². The second-order valence-electron chi connectivity index (χ2n) is 23.3. The Labute approximate surface area is 589 Å². The summed E-state index contributed by atoms with van der Waals surface area (Å²) in [5.74, 6) is -9.87. The predicted molar refractivity (Wildman–Crippen MR) is 356 cm³/mol. The Morgan fingerprint density at radius 1 is 0.272 bits per heavy atom. The molecule has 3 fully saturated rings. The van der Waals surface area contributed by atoms with Crippen molar-refractivity contribution in [1.82, 2.24) is 0 Å². The van der Waals surface area contributed by atoms with E-state index in [0.29, 0.717) is 0 Å². The van der Waals surface area contributed by atoms with E-state index < -0.39 is 165 Å². The molecule has 0 amide bonds. The zero-order chi connectivity index (χ0) is 72.2. The molecule has 3 saturated heterocycles. The lowest BCUT2D eigenvalue weighted by molar-refractivity contribution is -0.335. The number of carbonyl (C=O) groups excluding carboxylic acids is 10. The Kier molecular flexibility index (Phi) is 24.7. The lowest BCUT2D eigenvalue weighted by atomic mass is 9.96. The van der Waals surface area contributed by atoms with Crippen LogP contribution in [0.2, 0.25) is 0 Å². The molecule has 1 radical (unpaired) electrons. The standard InChI is InChI=1S/C78H67O25/c1-47(79)93-58-44-89-57(43-92-77-67(101-75(87)55-39-23-9-24-40-55)65(99-73(85)53-35-19-7-20-36-53)63(97-71(83)51-31-15-5-16-32-51)59(95-77)45-90-69(81)49-27-11-3-12-28-49)61(94-48(2)80)62(58)103-78-68(102-76(88)56-41-25-10-26-42-56)66(100-74(86)54-37-21-8-22-38-54)64(98-72(84)52-33-17-6-18-34-52)60(96-78)46-91-70(82)50-29-13-4-14-30-50/h3-42,44,57-68,77-78H,43,45-46H2,1-2H3/t57-,58-,59-,60-,61-,62-,63-,64-,65+,66+,67+,68+,77+,78-/m1/s1. The van der Waals surface area contributed by atoms with E-state index >= 15 is 0 Å². The molecule has 3 aliphatic rings. The van der Waals surface area contributed by atoms with Crippen molar-refractivity contribution >= 4 is 59.7 Å². The summed E-state index contributed by atoms with van der Waals surface area (Å²) >= 11 is 0. The Balaban J connectivity index is 0.996. The average molecular weight is 1400 g/mol. The molecular weight excluding hydrogens is 1340 g/mol. The number of hydrogen-bond acceptors (Lipinski definition) is 25. The molecule has 3 heterocycles. The van der Waals surface area contributed by atoms with Gasteiger partial charge in [0.25, 0.3) is 0 Å². The first-order valence-corrected chi connectivity index (χ1v) is 32.5. The summed E-state index contributed by atoms with van der Waals surface area (Å²) in [6.07, 6.45) is -26.1.